The lowest BCUT2D eigenvalue weighted by Gasteiger charge is -2.38. The summed E-state index contributed by atoms with van der Waals surface area (Å²) in [5, 5.41) is 1.82. The van der Waals surface area contributed by atoms with Crippen molar-refractivity contribution in [3.05, 3.63) is 75.6 Å². The molecule has 0 saturated carbocycles. The molecular weight excluding hydrogens is 370 g/mol. The Balaban J connectivity index is 1.80. The Morgan fingerprint density at radius 2 is 1.93 bits per heavy atom. The van der Waals surface area contributed by atoms with Gasteiger partial charge in [-0.25, -0.2) is 0 Å². The van der Waals surface area contributed by atoms with E-state index < -0.39 is 0 Å². The van der Waals surface area contributed by atoms with Crippen LogP contribution in [-0.2, 0) is 4.79 Å². The first-order valence-corrected chi connectivity index (χ1v) is 10.0. The molecule has 2 aliphatic rings. The molecule has 0 bridgehead atoms. The lowest BCUT2D eigenvalue weighted by Crippen LogP contribution is -2.32. The first-order valence-electron chi connectivity index (χ1n) is 9.64. The summed E-state index contributed by atoms with van der Waals surface area (Å²) in [7, 11) is 0. The molecule has 2 aromatic carbocycles. The number of carbonyl (C=O) groups is 1. The fraction of sp³-hybridized carbons (Fsp3) is 0.292. The summed E-state index contributed by atoms with van der Waals surface area (Å²) in [6, 6.07) is 12.2. The van der Waals surface area contributed by atoms with Crippen LogP contribution in [0.25, 0.3) is 10.9 Å². The molecule has 1 atom stereocenters. The van der Waals surface area contributed by atoms with E-state index in [1.165, 1.54) is 0 Å². The predicted molar refractivity (Wildman–Crippen MR) is 112 cm³/mol. The number of ketones is 1. The summed E-state index contributed by atoms with van der Waals surface area (Å²) in [6.45, 7) is 6.23. The maximum absolute atomic E-state index is 13.3. The SMILES string of the molecule is Cc1cc2c(cc1Cl)C(c1c[nH]c3ccccc13)C1=C(CC(C)(C)CC1=O)O2. The normalized spacial score (nSPS) is 20.7. The third kappa shape index (κ3) is 2.61. The lowest BCUT2D eigenvalue weighted by atomic mass is 9.70. The number of hydrogen-bond acceptors (Lipinski definition) is 2. The minimum atomic E-state index is -0.170. The molecule has 5 rings (SSSR count). The number of ether oxygens (including phenoxy) is 1. The second-order valence-corrected chi connectivity index (χ2v) is 9.15. The standard InChI is InChI=1S/C24H22ClNO2/c1-13-8-20-15(9-17(13)25)22(16-12-26-18-7-5-4-6-14(16)18)23-19(27)10-24(2,3)11-21(23)28-20/h4-9,12,22,26H,10-11H2,1-3H3. The highest BCUT2D eigenvalue weighted by Gasteiger charge is 2.42. The van der Waals surface area contributed by atoms with Crippen molar-refractivity contribution >= 4 is 28.3 Å². The average molecular weight is 392 g/mol. The molecule has 1 aliphatic heterocycles. The third-order valence-electron chi connectivity index (χ3n) is 5.94. The highest BCUT2D eigenvalue weighted by atomic mass is 35.5. The summed E-state index contributed by atoms with van der Waals surface area (Å²) in [4.78, 5) is 16.6. The number of hydrogen-bond donors (Lipinski definition) is 1. The molecule has 142 valence electrons. The maximum Gasteiger partial charge on any atom is 0.163 e. The van der Waals surface area contributed by atoms with Crippen molar-refractivity contribution in [2.45, 2.75) is 39.5 Å². The van der Waals surface area contributed by atoms with Crippen LogP contribution in [0, 0.1) is 12.3 Å². The molecular formula is C24H22ClNO2. The van der Waals surface area contributed by atoms with E-state index in [4.69, 9.17) is 16.3 Å². The van der Waals surface area contributed by atoms with Crippen LogP contribution in [0.2, 0.25) is 5.02 Å². The van der Waals surface area contributed by atoms with Gasteiger partial charge in [0.1, 0.15) is 11.5 Å². The van der Waals surface area contributed by atoms with E-state index in [9.17, 15) is 4.79 Å². The van der Waals surface area contributed by atoms with Crippen molar-refractivity contribution in [2.24, 2.45) is 5.41 Å². The second-order valence-electron chi connectivity index (χ2n) is 8.74. The number of H-pyrrole nitrogens is 1. The van der Waals surface area contributed by atoms with E-state index >= 15 is 0 Å². The largest absolute Gasteiger partial charge is 0.461 e. The number of benzene rings is 2. The third-order valence-corrected chi connectivity index (χ3v) is 6.34. The first kappa shape index (κ1) is 17.6. The molecule has 1 unspecified atom stereocenters. The van der Waals surface area contributed by atoms with E-state index in [1.807, 2.05) is 37.4 Å². The van der Waals surface area contributed by atoms with Gasteiger partial charge >= 0.3 is 0 Å². The van der Waals surface area contributed by atoms with Crippen molar-refractivity contribution < 1.29 is 9.53 Å². The van der Waals surface area contributed by atoms with Crippen molar-refractivity contribution in [1.29, 1.82) is 0 Å². The molecule has 0 saturated heterocycles. The minimum absolute atomic E-state index is 0.0976. The van der Waals surface area contributed by atoms with Gasteiger partial charge < -0.3 is 9.72 Å². The zero-order valence-electron chi connectivity index (χ0n) is 16.2. The number of aromatic amines is 1. The first-order chi connectivity index (χ1) is 13.3. The number of nitrogens with one attached hydrogen (secondary N) is 1. The van der Waals surface area contributed by atoms with Crippen molar-refractivity contribution in [2.75, 3.05) is 0 Å². The Morgan fingerprint density at radius 1 is 1.14 bits per heavy atom. The molecule has 4 heteroatoms. The quantitative estimate of drug-likeness (QED) is 0.529. The number of para-hydroxylation sites is 1. The highest BCUT2D eigenvalue weighted by molar-refractivity contribution is 6.31. The molecule has 2 heterocycles. The second kappa shape index (κ2) is 5.99. The Labute approximate surface area is 169 Å². The van der Waals surface area contributed by atoms with Crippen molar-refractivity contribution in [3.63, 3.8) is 0 Å². The van der Waals surface area contributed by atoms with E-state index in [0.717, 1.165) is 51.1 Å². The topological polar surface area (TPSA) is 42.1 Å². The van der Waals surface area contributed by atoms with E-state index in [2.05, 4.69) is 31.0 Å². The van der Waals surface area contributed by atoms with Crippen LogP contribution < -0.4 is 4.74 Å². The number of halogens is 1. The maximum atomic E-state index is 13.3. The Morgan fingerprint density at radius 3 is 2.75 bits per heavy atom. The smallest absolute Gasteiger partial charge is 0.163 e. The van der Waals surface area contributed by atoms with Crippen LogP contribution in [0.1, 0.15) is 49.3 Å². The van der Waals surface area contributed by atoms with Gasteiger partial charge in [-0.3, -0.25) is 4.79 Å². The summed E-state index contributed by atoms with van der Waals surface area (Å²) in [5.74, 6) is 1.62. The number of carbonyl (C=O) groups excluding carboxylic acids is 1. The van der Waals surface area contributed by atoms with Gasteiger partial charge in [0.2, 0.25) is 0 Å². The fourth-order valence-electron chi connectivity index (χ4n) is 4.62. The number of allylic oxidation sites excluding steroid dienone is 2. The van der Waals surface area contributed by atoms with Gasteiger partial charge in [-0.1, -0.05) is 43.6 Å². The number of Topliss-reactive ketones (excluding diaryl/α,β-unsaturated/α-hetero) is 1. The number of aryl methyl sites for hydroxylation is 1. The molecule has 1 N–H and O–H groups in total. The Bertz CT molecular complexity index is 1170. The van der Waals surface area contributed by atoms with Gasteiger partial charge in [-0.2, -0.15) is 0 Å². The molecule has 3 aromatic rings. The van der Waals surface area contributed by atoms with Gasteiger partial charge in [-0.15, -0.1) is 0 Å². The molecule has 3 nitrogen and oxygen atoms in total. The van der Waals surface area contributed by atoms with Gasteiger partial charge in [0.25, 0.3) is 0 Å². The Kier molecular flexibility index (Phi) is 3.76. The van der Waals surface area contributed by atoms with Crippen LogP contribution in [-0.4, -0.2) is 10.8 Å². The van der Waals surface area contributed by atoms with Gasteiger partial charge in [0.05, 0.1) is 0 Å². The average Bonchev–Trinajstić information content (AvgIpc) is 3.04. The minimum Gasteiger partial charge on any atom is -0.461 e. The Hall–Kier alpha value is -2.52. The number of rotatable bonds is 1. The highest BCUT2D eigenvalue weighted by Crippen LogP contribution is 2.51. The molecule has 0 amide bonds. The summed E-state index contributed by atoms with van der Waals surface area (Å²) in [6.07, 6.45) is 3.31. The predicted octanol–water partition coefficient (Wildman–Crippen LogP) is 6.30. The molecule has 0 radical (unpaired) electrons. The van der Waals surface area contributed by atoms with Crippen LogP contribution in [0.15, 0.2) is 53.9 Å². The van der Waals surface area contributed by atoms with Gasteiger partial charge in [-0.05, 0) is 41.7 Å². The fourth-order valence-corrected chi connectivity index (χ4v) is 4.79. The monoisotopic (exact) mass is 391 g/mol. The number of aromatic nitrogens is 1. The van der Waals surface area contributed by atoms with Crippen LogP contribution in [0.3, 0.4) is 0 Å². The summed E-state index contributed by atoms with van der Waals surface area (Å²) < 4.78 is 6.31. The molecule has 1 aliphatic carbocycles. The van der Waals surface area contributed by atoms with Crippen LogP contribution in [0.5, 0.6) is 5.75 Å². The van der Waals surface area contributed by atoms with E-state index in [1.54, 1.807) is 0 Å². The van der Waals surface area contributed by atoms with E-state index in [0.29, 0.717) is 11.4 Å². The van der Waals surface area contributed by atoms with Crippen LogP contribution in [0.4, 0.5) is 0 Å². The van der Waals surface area contributed by atoms with Crippen molar-refractivity contribution in [1.82, 2.24) is 4.98 Å². The van der Waals surface area contributed by atoms with Crippen LogP contribution >= 0.6 is 11.6 Å². The lowest BCUT2D eigenvalue weighted by molar-refractivity contribution is -0.118. The van der Waals surface area contributed by atoms with E-state index in [-0.39, 0.29) is 17.1 Å². The summed E-state index contributed by atoms with van der Waals surface area (Å²) >= 11 is 6.48. The molecule has 28 heavy (non-hydrogen) atoms. The summed E-state index contributed by atoms with van der Waals surface area (Å²) in [5.41, 5.74) is 4.79. The zero-order valence-corrected chi connectivity index (χ0v) is 17.0. The number of fused-ring (bicyclic) bond motifs is 2. The molecule has 0 spiro atoms. The zero-order chi connectivity index (χ0) is 19.6. The van der Waals surface area contributed by atoms with Gasteiger partial charge in [0.15, 0.2) is 5.78 Å². The van der Waals surface area contributed by atoms with Gasteiger partial charge in [0, 0.05) is 52.0 Å². The molecule has 0 fully saturated rings. The van der Waals surface area contributed by atoms with Crippen molar-refractivity contribution in [3.8, 4) is 5.75 Å². The molecule has 1 aromatic heterocycles.